The zero-order chi connectivity index (χ0) is 11.7. The zero-order valence-corrected chi connectivity index (χ0v) is 9.55. The number of nitrogens with zero attached hydrogens (tertiary/aromatic N) is 5. The van der Waals surface area contributed by atoms with Crippen LogP contribution in [0.4, 0.5) is 11.6 Å². The first-order valence-corrected chi connectivity index (χ1v) is 4.92. The van der Waals surface area contributed by atoms with Crippen LogP contribution in [0.3, 0.4) is 0 Å². The molecule has 0 atom stereocenters. The smallest absolute Gasteiger partial charge is 0.245 e. The Morgan fingerprint density at radius 1 is 1.31 bits per heavy atom. The Morgan fingerprint density at radius 2 is 2.06 bits per heavy atom. The lowest BCUT2D eigenvalue weighted by molar-refractivity contribution is 0.791. The number of aryl methyl sites for hydroxylation is 1. The quantitative estimate of drug-likeness (QED) is 0.800. The average Bonchev–Trinajstić information content (AvgIpc) is 2.65. The van der Waals surface area contributed by atoms with Crippen LogP contribution in [0.15, 0.2) is 18.2 Å². The van der Waals surface area contributed by atoms with Crippen LogP contribution in [0.2, 0.25) is 0 Å². The van der Waals surface area contributed by atoms with Gasteiger partial charge in [-0.25, -0.2) is 0 Å². The van der Waals surface area contributed by atoms with Gasteiger partial charge in [-0.1, -0.05) is 11.2 Å². The van der Waals surface area contributed by atoms with E-state index in [1.807, 2.05) is 37.2 Å². The highest BCUT2D eigenvalue weighted by molar-refractivity contribution is 5.58. The molecule has 0 bridgehead atoms. The first-order chi connectivity index (χ1) is 7.59. The van der Waals surface area contributed by atoms with E-state index in [4.69, 9.17) is 5.73 Å². The summed E-state index contributed by atoms with van der Waals surface area (Å²) in [5.41, 5.74) is 8.82. The molecule has 16 heavy (non-hydrogen) atoms. The van der Waals surface area contributed by atoms with E-state index in [9.17, 15) is 0 Å². The van der Waals surface area contributed by atoms with Gasteiger partial charge in [-0.05, 0) is 35.0 Å². The topological polar surface area (TPSA) is 72.9 Å². The van der Waals surface area contributed by atoms with Gasteiger partial charge in [-0.2, -0.15) is 4.68 Å². The van der Waals surface area contributed by atoms with Gasteiger partial charge in [0.05, 0.1) is 5.69 Å². The molecule has 0 saturated heterocycles. The summed E-state index contributed by atoms with van der Waals surface area (Å²) < 4.78 is 1.51. The van der Waals surface area contributed by atoms with Crippen molar-refractivity contribution in [3.63, 3.8) is 0 Å². The van der Waals surface area contributed by atoms with E-state index in [1.54, 1.807) is 0 Å². The number of nitrogens with two attached hydrogens (primary N) is 1. The van der Waals surface area contributed by atoms with Gasteiger partial charge in [0.1, 0.15) is 0 Å². The highest BCUT2D eigenvalue weighted by Crippen LogP contribution is 2.21. The summed E-state index contributed by atoms with van der Waals surface area (Å²) in [6.45, 7) is 2.06. The normalized spacial score (nSPS) is 10.4. The minimum atomic E-state index is 0.286. The zero-order valence-electron chi connectivity index (χ0n) is 9.55. The van der Waals surface area contributed by atoms with E-state index in [0.29, 0.717) is 0 Å². The van der Waals surface area contributed by atoms with Crippen LogP contribution < -0.4 is 10.6 Å². The predicted molar refractivity (Wildman–Crippen MR) is 62.6 cm³/mol. The lowest BCUT2D eigenvalue weighted by atomic mass is 10.1. The molecule has 6 heteroatoms. The maximum atomic E-state index is 5.65. The molecule has 0 aliphatic carbocycles. The maximum absolute atomic E-state index is 5.65. The minimum Gasteiger partial charge on any atom is -0.377 e. The number of nitrogen functional groups attached to an aromatic ring is 1. The molecule has 2 aromatic rings. The molecule has 1 heterocycles. The van der Waals surface area contributed by atoms with Crippen molar-refractivity contribution in [3.05, 3.63) is 23.8 Å². The standard InChI is InChI=1S/C10H14N6/c1-7-4-5-8(6-9(7)15(2)3)16-10(11)12-13-14-16/h4-6H,1-3H3,(H2,11,12,14). The van der Waals surface area contributed by atoms with Crippen molar-refractivity contribution >= 4 is 11.6 Å². The SMILES string of the molecule is Cc1ccc(-n2nnnc2N)cc1N(C)C. The third-order valence-corrected chi connectivity index (χ3v) is 2.41. The van der Waals surface area contributed by atoms with Crippen LogP contribution in [0.5, 0.6) is 0 Å². The molecule has 0 radical (unpaired) electrons. The van der Waals surface area contributed by atoms with Gasteiger partial charge in [0, 0.05) is 19.8 Å². The van der Waals surface area contributed by atoms with Gasteiger partial charge in [0.25, 0.3) is 0 Å². The van der Waals surface area contributed by atoms with E-state index in [1.165, 1.54) is 10.2 Å². The van der Waals surface area contributed by atoms with Gasteiger partial charge < -0.3 is 10.6 Å². The molecule has 0 aliphatic rings. The number of aromatic nitrogens is 4. The highest BCUT2D eigenvalue weighted by Gasteiger charge is 2.07. The fourth-order valence-electron chi connectivity index (χ4n) is 1.59. The van der Waals surface area contributed by atoms with Crippen LogP contribution in [-0.4, -0.2) is 34.3 Å². The predicted octanol–water partition coefficient (Wildman–Crippen LogP) is 0.619. The highest BCUT2D eigenvalue weighted by atomic mass is 15.6. The van der Waals surface area contributed by atoms with E-state index < -0.39 is 0 Å². The maximum Gasteiger partial charge on any atom is 0.245 e. The molecular weight excluding hydrogens is 204 g/mol. The Labute approximate surface area is 93.7 Å². The van der Waals surface area contributed by atoms with Gasteiger partial charge in [0.15, 0.2) is 0 Å². The lowest BCUT2D eigenvalue weighted by Crippen LogP contribution is -2.11. The van der Waals surface area contributed by atoms with Gasteiger partial charge in [0.2, 0.25) is 5.95 Å². The molecular formula is C10H14N6. The number of hydrogen-bond donors (Lipinski definition) is 1. The third-order valence-electron chi connectivity index (χ3n) is 2.41. The summed E-state index contributed by atoms with van der Waals surface area (Å²) >= 11 is 0. The molecule has 0 fully saturated rings. The van der Waals surface area contributed by atoms with Crippen molar-refractivity contribution in [2.75, 3.05) is 24.7 Å². The van der Waals surface area contributed by atoms with Gasteiger partial charge in [-0.3, -0.25) is 0 Å². The fourth-order valence-corrected chi connectivity index (χ4v) is 1.59. The summed E-state index contributed by atoms with van der Waals surface area (Å²) in [6, 6.07) is 5.96. The summed E-state index contributed by atoms with van der Waals surface area (Å²) in [5, 5.41) is 11.0. The van der Waals surface area contributed by atoms with Crippen molar-refractivity contribution in [2.24, 2.45) is 0 Å². The monoisotopic (exact) mass is 218 g/mol. The summed E-state index contributed by atoms with van der Waals surface area (Å²) in [7, 11) is 3.99. The van der Waals surface area contributed by atoms with Crippen LogP contribution in [0.1, 0.15) is 5.56 Å². The number of rotatable bonds is 2. The summed E-state index contributed by atoms with van der Waals surface area (Å²) in [5.74, 6) is 0.286. The average molecular weight is 218 g/mol. The van der Waals surface area contributed by atoms with Crippen LogP contribution in [0, 0.1) is 6.92 Å². The van der Waals surface area contributed by atoms with Crippen molar-refractivity contribution in [2.45, 2.75) is 6.92 Å². The second-order valence-corrected chi connectivity index (χ2v) is 3.81. The lowest BCUT2D eigenvalue weighted by Gasteiger charge is -2.16. The Bertz CT molecular complexity index is 502. The summed E-state index contributed by atoms with van der Waals surface area (Å²) in [4.78, 5) is 2.04. The van der Waals surface area contributed by atoms with E-state index in [-0.39, 0.29) is 5.95 Å². The number of benzene rings is 1. The first-order valence-electron chi connectivity index (χ1n) is 4.92. The molecule has 0 spiro atoms. The molecule has 0 aliphatic heterocycles. The molecule has 6 nitrogen and oxygen atoms in total. The van der Waals surface area contributed by atoms with E-state index >= 15 is 0 Å². The number of tetrazole rings is 1. The molecule has 1 aromatic carbocycles. The number of anilines is 2. The largest absolute Gasteiger partial charge is 0.377 e. The number of hydrogen-bond acceptors (Lipinski definition) is 5. The Kier molecular flexibility index (Phi) is 2.47. The van der Waals surface area contributed by atoms with Crippen LogP contribution >= 0.6 is 0 Å². The molecule has 84 valence electrons. The van der Waals surface area contributed by atoms with Crippen molar-refractivity contribution in [1.82, 2.24) is 20.2 Å². The van der Waals surface area contributed by atoms with Gasteiger partial charge >= 0.3 is 0 Å². The molecule has 0 saturated carbocycles. The van der Waals surface area contributed by atoms with Crippen molar-refractivity contribution in [1.29, 1.82) is 0 Å². The third kappa shape index (κ3) is 1.69. The second kappa shape index (κ2) is 3.80. The molecule has 1 aromatic heterocycles. The van der Waals surface area contributed by atoms with Gasteiger partial charge in [-0.15, -0.1) is 0 Å². The van der Waals surface area contributed by atoms with Crippen LogP contribution in [-0.2, 0) is 0 Å². The van der Waals surface area contributed by atoms with E-state index in [2.05, 4.69) is 22.4 Å². The van der Waals surface area contributed by atoms with Crippen molar-refractivity contribution < 1.29 is 0 Å². The minimum absolute atomic E-state index is 0.286. The molecule has 2 N–H and O–H groups in total. The molecule has 0 unspecified atom stereocenters. The summed E-state index contributed by atoms with van der Waals surface area (Å²) in [6.07, 6.45) is 0. The second-order valence-electron chi connectivity index (χ2n) is 3.81. The molecule has 2 rings (SSSR count). The fraction of sp³-hybridized carbons (Fsp3) is 0.300. The van der Waals surface area contributed by atoms with Crippen molar-refractivity contribution in [3.8, 4) is 5.69 Å². The Hall–Kier alpha value is -2.11. The molecule has 0 amide bonds. The van der Waals surface area contributed by atoms with E-state index in [0.717, 1.165) is 11.4 Å². The first kappa shape index (κ1) is 10.4. The Balaban J connectivity index is 2.52. The Morgan fingerprint density at radius 3 is 2.62 bits per heavy atom. The van der Waals surface area contributed by atoms with Crippen LogP contribution in [0.25, 0.3) is 5.69 Å².